The molecule has 2 aliphatic rings. The number of rotatable bonds is 7. The smallest absolute Gasteiger partial charge is 0.270 e. The van der Waals surface area contributed by atoms with Gasteiger partial charge in [-0.15, -0.1) is 11.3 Å². The van der Waals surface area contributed by atoms with Crippen LogP contribution in [0.25, 0.3) is 32.4 Å². The van der Waals surface area contributed by atoms with E-state index in [9.17, 15) is 28.2 Å². The monoisotopic (exact) mass is 693 g/mol. The molecule has 14 nitrogen and oxygen atoms in total. The standard InChI is InChI=1S/C32H35N7O7S2/c1-36(2)31(43)23-14-18-16-33-32(35-30(18)39(23)19-6-4-5-7-19)34-22-9-8-20(26(41)27(22)42)21-17-47-29-24(40)15-25(46-28(21)29)37-10-12-38(13-11-37)48(3,44)45/h8-9,14-17,19,41-42H,4-7,10-13H2,1-3H3,(H,33,34,35). The van der Waals surface area contributed by atoms with Crippen LogP contribution in [0, 0.1) is 0 Å². The number of carbonyl (C=O) groups is 1. The van der Waals surface area contributed by atoms with Gasteiger partial charge < -0.3 is 34.3 Å². The van der Waals surface area contributed by atoms with Gasteiger partial charge >= 0.3 is 0 Å². The van der Waals surface area contributed by atoms with E-state index >= 15 is 0 Å². The van der Waals surface area contributed by atoms with E-state index in [1.54, 1.807) is 42.7 Å². The number of aromatic nitrogens is 3. The number of carbonyl (C=O) groups excluding carboxylic acids is 1. The maximum absolute atomic E-state index is 13.1. The van der Waals surface area contributed by atoms with Gasteiger partial charge in [0, 0.05) is 80.5 Å². The van der Waals surface area contributed by atoms with Crippen molar-refractivity contribution >= 4 is 66.1 Å². The summed E-state index contributed by atoms with van der Waals surface area (Å²) in [5.41, 5.74) is 1.99. The fourth-order valence-electron chi connectivity index (χ4n) is 6.52. The fraction of sp³-hybridized carbons (Fsp3) is 0.375. The number of hydrogen-bond acceptors (Lipinski definition) is 12. The van der Waals surface area contributed by atoms with E-state index in [4.69, 9.17) is 9.40 Å². The van der Waals surface area contributed by atoms with Crippen LogP contribution in [0.15, 0.2) is 45.1 Å². The highest BCUT2D eigenvalue weighted by atomic mass is 32.2. The van der Waals surface area contributed by atoms with Gasteiger partial charge in [-0.1, -0.05) is 12.8 Å². The molecule has 0 radical (unpaired) electrons. The Bertz CT molecular complexity index is 2230. The lowest BCUT2D eigenvalue weighted by Crippen LogP contribution is -2.48. The Labute approximate surface area is 279 Å². The predicted molar refractivity (Wildman–Crippen MR) is 184 cm³/mol. The second-order valence-electron chi connectivity index (χ2n) is 12.4. The number of phenolic OH excluding ortho intramolecular Hbond substituents is 2. The number of piperazine rings is 1. The molecule has 5 aromatic rings. The summed E-state index contributed by atoms with van der Waals surface area (Å²) in [6.45, 7) is 1.22. The molecule has 4 aromatic heterocycles. The third-order valence-electron chi connectivity index (χ3n) is 9.03. The number of phenols is 2. The van der Waals surface area contributed by atoms with Crippen LogP contribution in [-0.4, -0.2) is 94.8 Å². The van der Waals surface area contributed by atoms with Crippen LogP contribution < -0.4 is 15.6 Å². The van der Waals surface area contributed by atoms with Gasteiger partial charge in [0.2, 0.25) is 21.4 Å². The number of sulfonamides is 1. The molecule has 1 saturated heterocycles. The topological polar surface area (TPSA) is 174 Å². The minimum Gasteiger partial charge on any atom is -0.504 e. The zero-order valence-electron chi connectivity index (χ0n) is 26.6. The van der Waals surface area contributed by atoms with Gasteiger partial charge in [0.15, 0.2) is 23.0 Å². The molecular weight excluding hydrogens is 659 g/mol. The molecule has 0 atom stereocenters. The number of amides is 1. The molecule has 5 heterocycles. The van der Waals surface area contributed by atoms with Gasteiger partial charge in [-0.2, -0.15) is 9.29 Å². The fourth-order valence-corrected chi connectivity index (χ4v) is 8.25. The Morgan fingerprint density at radius 3 is 2.48 bits per heavy atom. The van der Waals surface area contributed by atoms with Crippen molar-refractivity contribution in [3.05, 3.63) is 51.8 Å². The van der Waals surface area contributed by atoms with Crippen molar-refractivity contribution in [2.45, 2.75) is 31.7 Å². The first kappa shape index (κ1) is 31.9. The minimum absolute atomic E-state index is 0.119. The summed E-state index contributed by atoms with van der Waals surface area (Å²) in [7, 11) is 0.106. The van der Waals surface area contributed by atoms with Crippen molar-refractivity contribution in [2.75, 3.05) is 56.7 Å². The van der Waals surface area contributed by atoms with Gasteiger partial charge in [-0.3, -0.25) is 9.59 Å². The zero-order chi connectivity index (χ0) is 33.9. The van der Waals surface area contributed by atoms with E-state index in [1.165, 1.54) is 16.6 Å². The summed E-state index contributed by atoms with van der Waals surface area (Å²) in [6, 6.07) is 6.51. The summed E-state index contributed by atoms with van der Waals surface area (Å²) in [4.78, 5) is 38.6. The molecular formula is C32H35N7O7S2. The second kappa shape index (κ2) is 12.1. The van der Waals surface area contributed by atoms with Crippen molar-refractivity contribution in [3.63, 3.8) is 0 Å². The Balaban J connectivity index is 1.20. The first-order chi connectivity index (χ1) is 22.9. The Morgan fingerprint density at radius 1 is 1.06 bits per heavy atom. The lowest BCUT2D eigenvalue weighted by Gasteiger charge is -2.33. The third kappa shape index (κ3) is 5.62. The molecule has 16 heteroatoms. The number of aromatic hydroxyl groups is 2. The molecule has 1 amide bonds. The highest BCUT2D eigenvalue weighted by Crippen LogP contribution is 2.46. The number of benzene rings is 1. The van der Waals surface area contributed by atoms with Crippen molar-refractivity contribution in [2.24, 2.45) is 0 Å². The quantitative estimate of drug-likeness (QED) is 0.207. The lowest BCUT2D eigenvalue weighted by molar-refractivity contribution is 0.0815. The van der Waals surface area contributed by atoms with E-state index in [0.717, 1.165) is 42.4 Å². The van der Waals surface area contributed by atoms with Gasteiger partial charge in [0.1, 0.15) is 16.0 Å². The van der Waals surface area contributed by atoms with Gasteiger partial charge in [-0.25, -0.2) is 13.4 Å². The summed E-state index contributed by atoms with van der Waals surface area (Å²) in [5.74, 6) is -0.512. The van der Waals surface area contributed by atoms with E-state index in [-0.39, 0.29) is 53.2 Å². The van der Waals surface area contributed by atoms with Crippen LogP contribution in [0.4, 0.5) is 17.5 Å². The maximum Gasteiger partial charge on any atom is 0.270 e. The molecule has 3 N–H and O–H groups in total. The maximum atomic E-state index is 13.1. The molecule has 0 bridgehead atoms. The number of nitrogens with one attached hydrogen (secondary N) is 1. The van der Waals surface area contributed by atoms with Gasteiger partial charge in [-0.05, 0) is 31.0 Å². The molecule has 1 aromatic carbocycles. The van der Waals surface area contributed by atoms with E-state index in [1.807, 2.05) is 15.5 Å². The number of anilines is 3. The van der Waals surface area contributed by atoms with Crippen molar-refractivity contribution < 1.29 is 27.8 Å². The van der Waals surface area contributed by atoms with Crippen LogP contribution in [0.5, 0.6) is 11.5 Å². The zero-order valence-corrected chi connectivity index (χ0v) is 28.3. The second-order valence-corrected chi connectivity index (χ2v) is 15.3. The van der Waals surface area contributed by atoms with Gasteiger partial charge in [0.05, 0.1) is 11.9 Å². The summed E-state index contributed by atoms with van der Waals surface area (Å²) in [5, 5.41) is 27.7. The Hall–Kier alpha value is -4.67. The van der Waals surface area contributed by atoms with E-state index in [2.05, 4.69) is 10.3 Å². The highest BCUT2D eigenvalue weighted by molar-refractivity contribution is 7.88. The number of thiophene rings is 1. The largest absolute Gasteiger partial charge is 0.504 e. The van der Waals surface area contributed by atoms with Crippen LogP contribution >= 0.6 is 11.3 Å². The average molecular weight is 694 g/mol. The molecule has 0 spiro atoms. The van der Waals surface area contributed by atoms with E-state index < -0.39 is 21.5 Å². The molecule has 7 rings (SSSR count). The Kier molecular flexibility index (Phi) is 8.04. The van der Waals surface area contributed by atoms with Crippen LogP contribution in [0.2, 0.25) is 0 Å². The van der Waals surface area contributed by atoms with Crippen molar-refractivity contribution in [1.29, 1.82) is 0 Å². The first-order valence-corrected chi connectivity index (χ1v) is 18.3. The SMILES string of the molecule is CN(C)C(=O)c1cc2cnc(Nc3ccc(-c4csc5c(=O)cc(N6CCN(S(C)(=O)=O)CC6)oc45)c(O)c3O)nc2n1C1CCCC1. The van der Waals surface area contributed by atoms with Crippen molar-refractivity contribution in [3.8, 4) is 22.6 Å². The summed E-state index contributed by atoms with van der Waals surface area (Å²) >= 11 is 1.16. The molecule has 2 fully saturated rings. The summed E-state index contributed by atoms with van der Waals surface area (Å²) < 4.78 is 33.8. The number of nitrogens with zero attached hydrogens (tertiary/aromatic N) is 6. The molecule has 1 aliphatic heterocycles. The molecule has 1 saturated carbocycles. The van der Waals surface area contributed by atoms with Gasteiger partial charge in [0.25, 0.3) is 5.91 Å². The molecule has 252 valence electrons. The lowest BCUT2D eigenvalue weighted by atomic mass is 10.1. The molecule has 0 unspecified atom stereocenters. The normalized spacial score (nSPS) is 16.3. The van der Waals surface area contributed by atoms with Crippen LogP contribution in [-0.2, 0) is 10.0 Å². The minimum atomic E-state index is -3.32. The Morgan fingerprint density at radius 2 is 1.79 bits per heavy atom. The highest BCUT2D eigenvalue weighted by Gasteiger charge is 2.28. The average Bonchev–Trinajstić information content (AvgIpc) is 3.81. The summed E-state index contributed by atoms with van der Waals surface area (Å²) in [6.07, 6.45) is 6.83. The number of fused-ring (bicyclic) bond motifs is 2. The third-order valence-corrected chi connectivity index (χ3v) is 11.3. The van der Waals surface area contributed by atoms with Crippen molar-refractivity contribution in [1.82, 2.24) is 23.7 Å². The number of hydrogen-bond donors (Lipinski definition) is 3. The molecule has 1 aliphatic carbocycles. The molecule has 48 heavy (non-hydrogen) atoms. The predicted octanol–water partition coefficient (Wildman–Crippen LogP) is 4.32. The van der Waals surface area contributed by atoms with Crippen LogP contribution in [0.1, 0.15) is 42.2 Å². The first-order valence-electron chi connectivity index (χ1n) is 15.6. The van der Waals surface area contributed by atoms with Crippen LogP contribution in [0.3, 0.4) is 0 Å². The van der Waals surface area contributed by atoms with E-state index in [0.29, 0.717) is 40.6 Å².